The number of likely N-dealkylation sites (tertiary alicyclic amines) is 1. The molecule has 1 aromatic carbocycles. The minimum atomic E-state index is -0.322. The van der Waals surface area contributed by atoms with E-state index in [0.717, 1.165) is 26.2 Å². The average molecular weight is 328 g/mol. The Hall–Kier alpha value is -1.69. The fourth-order valence-electron chi connectivity index (χ4n) is 3.61. The molecular weight excluding hydrogens is 300 g/mol. The monoisotopic (exact) mass is 328 g/mol. The van der Waals surface area contributed by atoms with Crippen LogP contribution >= 0.6 is 0 Å². The number of aliphatic hydroxyl groups is 1. The number of β-amino-alcohol motifs (C(OH)–C–C–N with tert-alkyl or cyclic N) is 1. The Labute approximate surface area is 144 Å². The van der Waals surface area contributed by atoms with Gasteiger partial charge in [0.15, 0.2) is 0 Å². The fourth-order valence-corrected chi connectivity index (χ4v) is 3.61. The quantitative estimate of drug-likeness (QED) is 0.803. The van der Waals surface area contributed by atoms with Crippen molar-refractivity contribution in [3.8, 4) is 0 Å². The highest BCUT2D eigenvalue weighted by atomic mass is 16.3. The summed E-state index contributed by atoms with van der Waals surface area (Å²) in [6.07, 6.45) is 5.91. The molecule has 2 atom stereocenters. The van der Waals surface area contributed by atoms with Gasteiger partial charge in [0.05, 0.1) is 12.6 Å². The number of likely N-dealkylation sites (N-methyl/N-ethyl adjacent to an activating group) is 1. The Bertz CT molecular complexity index is 587. The summed E-state index contributed by atoms with van der Waals surface area (Å²) in [5.74, 6) is 0. The standard InChI is InChI=1S/C19H28N4O/c1-21(13-17-7-3-2-4-8-17)15-19(24)16-22-11-5-9-18(22)14-23-12-6-10-20-23/h2-4,6-8,10,12,18-19,24H,5,9,11,13-16H2,1H3/t18-,19+/m0/s1. The Morgan fingerprint density at radius 3 is 2.88 bits per heavy atom. The lowest BCUT2D eigenvalue weighted by molar-refractivity contribution is 0.0717. The van der Waals surface area contributed by atoms with Crippen LogP contribution < -0.4 is 0 Å². The summed E-state index contributed by atoms with van der Waals surface area (Å²) in [6.45, 7) is 4.30. The van der Waals surface area contributed by atoms with E-state index in [-0.39, 0.29) is 6.10 Å². The fraction of sp³-hybridized carbons (Fsp3) is 0.526. The topological polar surface area (TPSA) is 44.5 Å². The number of hydrogen-bond donors (Lipinski definition) is 1. The third kappa shape index (κ3) is 4.90. The molecule has 0 aliphatic carbocycles. The zero-order valence-corrected chi connectivity index (χ0v) is 14.5. The third-order valence-corrected chi connectivity index (χ3v) is 4.72. The van der Waals surface area contributed by atoms with E-state index < -0.39 is 0 Å². The number of aliphatic hydroxyl groups excluding tert-OH is 1. The molecule has 1 N–H and O–H groups in total. The molecule has 0 unspecified atom stereocenters. The van der Waals surface area contributed by atoms with Crippen LogP contribution in [-0.4, -0.2) is 63.5 Å². The third-order valence-electron chi connectivity index (χ3n) is 4.72. The Balaban J connectivity index is 1.45. The predicted molar refractivity (Wildman–Crippen MR) is 95.6 cm³/mol. The van der Waals surface area contributed by atoms with Crippen molar-refractivity contribution < 1.29 is 5.11 Å². The van der Waals surface area contributed by atoms with Crippen molar-refractivity contribution in [1.29, 1.82) is 0 Å². The van der Waals surface area contributed by atoms with Gasteiger partial charge in [-0.05, 0) is 38.1 Å². The van der Waals surface area contributed by atoms with Crippen LogP contribution in [0.3, 0.4) is 0 Å². The van der Waals surface area contributed by atoms with Crippen molar-refractivity contribution in [3.05, 3.63) is 54.4 Å². The second-order valence-corrected chi connectivity index (χ2v) is 6.86. The van der Waals surface area contributed by atoms with Gasteiger partial charge in [0.25, 0.3) is 0 Å². The molecule has 0 amide bonds. The summed E-state index contributed by atoms with van der Waals surface area (Å²) >= 11 is 0. The van der Waals surface area contributed by atoms with Gasteiger partial charge in [-0.2, -0.15) is 5.10 Å². The number of rotatable bonds is 8. The number of aromatic nitrogens is 2. The first-order valence-corrected chi connectivity index (χ1v) is 8.83. The van der Waals surface area contributed by atoms with E-state index in [1.807, 2.05) is 29.2 Å². The number of benzene rings is 1. The normalized spacial score (nSPS) is 19.9. The highest BCUT2D eigenvalue weighted by Gasteiger charge is 2.26. The maximum Gasteiger partial charge on any atom is 0.0793 e. The minimum Gasteiger partial charge on any atom is -0.390 e. The van der Waals surface area contributed by atoms with E-state index in [1.54, 1.807) is 0 Å². The summed E-state index contributed by atoms with van der Waals surface area (Å²) in [5.41, 5.74) is 1.28. The summed E-state index contributed by atoms with van der Waals surface area (Å²) in [5, 5.41) is 14.8. The van der Waals surface area contributed by atoms with Crippen LogP contribution in [0, 0.1) is 0 Å². The predicted octanol–water partition coefficient (Wildman–Crippen LogP) is 1.84. The van der Waals surface area contributed by atoms with Gasteiger partial charge in [-0.3, -0.25) is 14.5 Å². The highest BCUT2D eigenvalue weighted by molar-refractivity contribution is 5.14. The van der Waals surface area contributed by atoms with E-state index in [2.05, 4.69) is 46.2 Å². The maximum atomic E-state index is 10.5. The molecule has 1 aliphatic rings. The van der Waals surface area contributed by atoms with Crippen molar-refractivity contribution in [2.75, 3.05) is 26.7 Å². The maximum absolute atomic E-state index is 10.5. The number of nitrogens with zero attached hydrogens (tertiary/aromatic N) is 4. The van der Waals surface area contributed by atoms with Crippen LogP contribution in [0.4, 0.5) is 0 Å². The van der Waals surface area contributed by atoms with Crippen LogP contribution in [0.25, 0.3) is 0 Å². The van der Waals surface area contributed by atoms with Crippen LogP contribution in [-0.2, 0) is 13.1 Å². The highest BCUT2D eigenvalue weighted by Crippen LogP contribution is 2.19. The molecule has 1 aliphatic heterocycles. The van der Waals surface area contributed by atoms with Crippen molar-refractivity contribution in [1.82, 2.24) is 19.6 Å². The second kappa shape index (κ2) is 8.42. The SMILES string of the molecule is CN(Cc1ccccc1)C[C@@H](O)CN1CCC[C@H]1Cn1cccn1. The Kier molecular flexibility index (Phi) is 6.01. The summed E-state index contributed by atoms with van der Waals surface area (Å²) in [4.78, 5) is 4.61. The molecule has 1 aromatic heterocycles. The molecule has 3 rings (SSSR count). The van der Waals surface area contributed by atoms with Crippen molar-refractivity contribution >= 4 is 0 Å². The van der Waals surface area contributed by atoms with E-state index in [4.69, 9.17) is 0 Å². The average Bonchev–Trinajstić information content (AvgIpc) is 3.21. The molecular formula is C19H28N4O. The van der Waals surface area contributed by atoms with Gasteiger partial charge in [-0.15, -0.1) is 0 Å². The first-order chi connectivity index (χ1) is 11.7. The van der Waals surface area contributed by atoms with Crippen LogP contribution in [0.2, 0.25) is 0 Å². The van der Waals surface area contributed by atoms with E-state index in [9.17, 15) is 5.11 Å². The summed E-state index contributed by atoms with van der Waals surface area (Å²) in [6, 6.07) is 12.9. The molecule has 2 heterocycles. The minimum absolute atomic E-state index is 0.322. The van der Waals surface area contributed by atoms with Crippen molar-refractivity contribution in [3.63, 3.8) is 0 Å². The number of hydrogen-bond acceptors (Lipinski definition) is 4. The molecule has 1 saturated heterocycles. The Morgan fingerprint density at radius 2 is 2.12 bits per heavy atom. The molecule has 5 heteroatoms. The molecule has 0 radical (unpaired) electrons. The molecule has 130 valence electrons. The Morgan fingerprint density at radius 1 is 1.29 bits per heavy atom. The molecule has 0 saturated carbocycles. The summed E-state index contributed by atoms with van der Waals surface area (Å²) in [7, 11) is 2.07. The zero-order chi connectivity index (χ0) is 16.8. The lowest BCUT2D eigenvalue weighted by Crippen LogP contribution is -2.42. The van der Waals surface area contributed by atoms with Gasteiger partial charge in [0.2, 0.25) is 0 Å². The molecule has 2 aromatic rings. The summed E-state index contributed by atoms with van der Waals surface area (Å²) < 4.78 is 2.00. The van der Waals surface area contributed by atoms with E-state index in [1.165, 1.54) is 18.4 Å². The van der Waals surface area contributed by atoms with Gasteiger partial charge in [-0.1, -0.05) is 30.3 Å². The van der Waals surface area contributed by atoms with Crippen LogP contribution in [0.1, 0.15) is 18.4 Å². The molecule has 24 heavy (non-hydrogen) atoms. The zero-order valence-electron chi connectivity index (χ0n) is 14.5. The van der Waals surface area contributed by atoms with E-state index in [0.29, 0.717) is 12.6 Å². The molecule has 0 bridgehead atoms. The van der Waals surface area contributed by atoms with Crippen LogP contribution in [0.5, 0.6) is 0 Å². The lowest BCUT2D eigenvalue weighted by Gasteiger charge is -2.28. The molecule has 0 spiro atoms. The van der Waals surface area contributed by atoms with E-state index >= 15 is 0 Å². The molecule has 5 nitrogen and oxygen atoms in total. The van der Waals surface area contributed by atoms with Gasteiger partial charge >= 0.3 is 0 Å². The lowest BCUT2D eigenvalue weighted by atomic mass is 10.2. The molecule has 1 fully saturated rings. The smallest absolute Gasteiger partial charge is 0.0793 e. The largest absolute Gasteiger partial charge is 0.390 e. The second-order valence-electron chi connectivity index (χ2n) is 6.86. The van der Waals surface area contributed by atoms with Gasteiger partial charge in [-0.25, -0.2) is 0 Å². The van der Waals surface area contributed by atoms with Gasteiger partial charge < -0.3 is 5.11 Å². The van der Waals surface area contributed by atoms with Gasteiger partial charge in [0, 0.05) is 38.1 Å². The first kappa shape index (κ1) is 17.1. The van der Waals surface area contributed by atoms with Crippen molar-refractivity contribution in [2.24, 2.45) is 0 Å². The van der Waals surface area contributed by atoms with Crippen molar-refractivity contribution in [2.45, 2.75) is 38.1 Å². The van der Waals surface area contributed by atoms with Gasteiger partial charge in [0.1, 0.15) is 0 Å². The first-order valence-electron chi connectivity index (χ1n) is 8.83. The van der Waals surface area contributed by atoms with Crippen LogP contribution in [0.15, 0.2) is 48.8 Å².